The van der Waals surface area contributed by atoms with Gasteiger partial charge in [-0.15, -0.1) is 0 Å². The molecular weight excluding hydrogens is 222 g/mol. The molecular formula is C12H14ClN3. The van der Waals surface area contributed by atoms with Crippen molar-refractivity contribution in [2.75, 3.05) is 13.6 Å². The molecule has 0 spiro atoms. The van der Waals surface area contributed by atoms with E-state index in [1.165, 1.54) is 12.1 Å². The van der Waals surface area contributed by atoms with Crippen LogP contribution in [0, 0.1) is 0 Å². The molecule has 84 valence electrons. The summed E-state index contributed by atoms with van der Waals surface area (Å²) in [5.74, 6) is 0. The van der Waals surface area contributed by atoms with E-state index in [1.54, 1.807) is 6.07 Å². The Kier molecular flexibility index (Phi) is 3.57. The van der Waals surface area contributed by atoms with Crippen LogP contribution >= 0.6 is 11.6 Å². The van der Waals surface area contributed by atoms with Gasteiger partial charge in [0, 0.05) is 24.3 Å². The summed E-state index contributed by atoms with van der Waals surface area (Å²) < 4.78 is 0. The van der Waals surface area contributed by atoms with Gasteiger partial charge in [-0.25, -0.2) is 0 Å². The van der Waals surface area contributed by atoms with Crippen molar-refractivity contribution in [3.8, 4) is 0 Å². The van der Waals surface area contributed by atoms with Gasteiger partial charge in [0.25, 0.3) is 0 Å². The number of nitrogens with zero attached hydrogens (tertiary/aromatic N) is 3. The molecule has 2 rings (SSSR count). The van der Waals surface area contributed by atoms with E-state index in [-0.39, 0.29) is 0 Å². The number of likely N-dealkylation sites (tertiary alicyclic amines) is 1. The molecule has 0 aromatic heterocycles. The molecule has 1 aliphatic heterocycles. The third kappa shape index (κ3) is 2.83. The van der Waals surface area contributed by atoms with Gasteiger partial charge in [0.05, 0.1) is 11.9 Å². The largest absolute Gasteiger partial charge is 0.377 e. The minimum absolute atomic E-state index is 0.682. The number of hydrogen-bond donors (Lipinski definition) is 0. The maximum absolute atomic E-state index is 5.85. The molecule has 3 nitrogen and oxygen atoms in total. The van der Waals surface area contributed by atoms with Gasteiger partial charge in [0.2, 0.25) is 0 Å². The van der Waals surface area contributed by atoms with Crippen LogP contribution in [0.2, 0.25) is 5.02 Å². The highest BCUT2D eigenvalue weighted by molar-refractivity contribution is 6.30. The predicted octanol–water partition coefficient (Wildman–Crippen LogP) is 3.99. The summed E-state index contributed by atoms with van der Waals surface area (Å²) in [6.07, 6.45) is 4.12. The lowest BCUT2D eigenvalue weighted by atomic mass is 10.3. The first kappa shape index (κ1) is 11.1. The number of hydrogen-bond acceptors (Lipinski definition) is 3. The normalized spacial score (nSPS) is 18.9. The standard InChI is InChI=1S/C12H14ClN3/c1-16-7-3-6-12(16)9-14-15-11-5-2-4-10(13)8-11/h2,4-5,8-9H,3,6-7H2,1H3/b12-9-,15-14?. The van der Waals surface area contributed by atoms with E-state index in [2.05, 4.69) is 22.2 Å². The molecule has 4 heteroatoms. The molecule has 16 heavy (non-hydrogen) atoms. The second-order valence-corrected chi connectivity index (χ2v) is 4.28. The van der Waals surface area contributed by atoms with Crippen LogP contribution < -0.4 is 0 Å². The van der Waals surface area contributed by atoms with Gasteiger partial charge < -0.3 is 4.90 Å². The Morgan fingerprint density at radius 3 is 3.00 bits per heavy atom. The fourth-order valence-corrected chi connectivity index (χ4v) is 1.88. The molecule has 1 aromatic rings. The van der Waals surface area contributed by atoms with Crippen LogP contribution in [-0.2, 0) is 0 Å². The van der Waals surface area contributed by atoms with Gasteiger partial charge in [-0.1, -0.05) is 17.7 Å². The summed E-state index contributed by atoms with van der Waals surface area (Å²) >= 11 is 5.85. The molecule has 1 aromatic carbocycles. The van der Waals surface area contributed by atoms with Gasteiger partial charge >= 0.3 is 0 Å². The molecule has 0 atom stereocenters. The predicted molar refractivity (Wildman–Crippen MR) is 65.9 cm³/mol. The van der Waals surface area contributed by atoms with Crippen LogP contribution in [0.4, 0.5) is 5.69 Å². The summed E-state index contributed by atoms with van der Waals surface area (Å²) in [5, 5.41) is 8.86. The van der Waals surface area contributed by atoms with Crippen LogP contribution in [0.1, 0.15) is 12.8 Å². The second-order valence-electron chi connectivity index (χ2n) is 3.84. The van der Waals surface area contributed by atoms with Crippen molar-refractivity contribution >= 4 is 17.3 Å². The van der Waals surface area contributed by atoms with Crippen molar-refractivity contribution in [2.45, 2.75) is 12.8 Å². The summed E-state index contributed by atoms with van der Waals surface area (Å²) in [5.41, 5.74) is 2.02. The molecule has 0 bridgehead atoms. The maximum atomic E-state index is 5.85. The highest BCUT2D eigenvalue weighted by atomic mass is 35.5. The lowest BCUT2D eigenvalue weighted by Gasteiger charge is -2.10. The van der Waals surface area contributed by atoms with E-state index >= 15 is 0 Å². The smallest absolute Gasteiger partial charge is 0.0871 e. The van der Waals surface area contributed by atoms with Crippen molar-refractivity contribution in [3.05, 3.63) is 41.2 Å². The monoisotopic (exact) mass is 235 g/mol. The Morgan fingerprint density at radius 2 is 2.31 bits per heavy atom. The highest BCUT2D eigenvalue weighted by Crippen LogP contribution is 2.20. The molecule has 0 radical (unpaired) electrons. The quantitative estimate of drug-likeness (QED) is 0.713. The summed E-state index contributed by atoms with van der Waals surface area (Å²) in [6.45, 7) is 1.11. The van der Waals surface area contributed by atoms with E-state index in [0.29, 0.717) is 5.02 Å². The van der Waals surface area contributed by atoms with Crippen LogP contribution in [0.25, 0.3) is 0 Å². The molecule has 1 heterocycles. The minimum atomic E-state index is 0.682. The van der Waals surface area contributed by atoms with Crippen LogP contribution in [-0.4, -0.2) is 18.5 Å². The van der Waals surface area contributed by atoms with E-state index in [0.717, 1.165) is 18.7 Å². The number of benzene rings is 1. The molecule has 0 unspecified atom stereocenters. The summed E-state index contributed by atoms with van der Waals surface area (Å²) in [4.78, 5) is 2.21. The Balaban J connectivity index is 2.04. The Hall–Kier alpha value is -1.35. The summed E-state index contributed by atoms with van der Waals surface area (Å²) in [7, 11) is 2.08. The van der Waals surface area contributed by atoms with Gasteiger partial charge in [-0.3, -0.25) is 0 Å². The Morgan fingerprint density at radius 1 is 1.44 bits per heavy atom. The summed E-state index contributed by atoms with van der Waals surface area (Å²) in [6, 6.07) is 7.36. The van der Waals surface area contributed by atoms with Crippen molar-refractivity contribution in [2.24, 2.45) is 10.2 Å². The molecule has 0 saturated carbocycles. The average molecular weight is 236 g/mol. The first-order valence-corrected chi connectivity index (χ1v) is 5.70. The van der Waals surface area contributed by atoms with Crippen LogP contribution in [0.15, 0.2) is 46.4 Å². The van der Waals surface area contributed by atoms with Crippen molar-refractivity contribution < 1.29 is 0 Å². The Labute approximate surface area is 100 Å². The van der Waals surface area contributed by atoms with Crippen LogP contribution in [0.3, 0.4) is 0 Å². The van der Waals surface area contributed by atoms with Gasteiger partial charge in [-0.2, -0.15) is 10.2 Å². The van der Waals surface area contributed by atoms with Crippen molar-refractivity contribution in [1.29, 1.82) is 0 Å². The SMILES string of the molecule is CN1CCC/C1=C/N=Nc1cccc(Cl)c1. The average Bonchev–Trinajstić information content (AvgIpc) is 2.65. The third-order valence-electron chi connectivity index (χ3n) is 2.60. The maximum Gasteiger partial charge on any atom is 0.0871 e. The Bertz CT molecular complexity index is 426. The highest BCUT2D eigenvalue weighted by Gasteiger charge is 2.11. The van der Waals surface area contributed by atoms with Gasteiger partial charge in [0.1, 0.15) is 0 Å². The first-order valence-electron chi connectivity index (χ1n) is 5.32. The number of allylic oxidation sites excluding steroid dienone is 1. The lowest BCUT2D eigenvalue weighted by Crippen LogP contribution is -2.09. The molecule has 1 fully saturated rings. The zero-order chi connectivity index (χ0) is 11.4. The first-order chi connectivity index (χ1) is 7.75. The second kappa shape index (κ2) is 5.12. The number of rotatable bonds is 2. The van der Waals surface area contributed by atoms with Crippen LogP contribution in [0.5, 0.6) is 0 Å². The van der Waals surface area contributed by atoms with Gasteiger partial charge in [-0.05, 0) is 31.0 Å². The van der Waals surface area contributed by atoms with Crippen molar-refractivity contribution in [3.63, 3.8) is 0 Å². The van der Waals surface area contributed by atoms with E-state index < -0.39 is 0 Å². The fraction of sp³-hybridized carbons (Fsp3) is 0.333. The molecule has 0 N–H and O–H groups in total. The van der Waals surface area contributed by atoms with Crippen molar-refractivity contribution in [1.82, 2.24) is 4.90 Å². The van der Waals surface area contributed by atoms with E-state index in [1.807, 2.05) is 24.4 Å². The zero-order valence-corrected chi connectivity index (χ0v) is 9.98. The lowest BCUT2D eigenvalue weighted by molar-refractivity contribution is 0.479. The molecule has 0 aliphatic carbocycles. The zero-order valence-electron chi connectivity index (χ0n) is 9.23. The minimum Gasteiger partial charge on any atom is -0.377 e. The van der Waals surface area contributed by atoms with E-state index in [4.69, 9.17) is 11.6 Å². The fourth-order valence-electron chi connectivity index (χ4n) is 1.70. The topological polar surface area (TPSA) is 28.0 Å². The third-order valence-corrected chi connectivity index (χ3v) is 2.84. The molecule has 0 amide bonds. The molecule has 1 aliphatic rings. The van der Waals surface area contributed by atoms with E-state index in [9.17, 15) is 0 Å². The molecule has 1 saturated heterocycles. The number of halogens is 1. The van der Waals surface area contributed by atoms with Gasteiger partial charge in [0.15, 0.2) is 0 Å². The number of azo groups is 1.